The molecule has 0 aliphatic carbocycles. The molecule has 1 saturated heterocycles. The van der Waals surface area contributed by atoms with Crippen LogP contribution in [0.5, 0.6) is 0 Å². The zero-order valence-corrected chi connectivity index (χ0v) is 13.5. The normalized spacial score (nSPS) is 16.4. The summed E-state index contributed by atoms with van der Waals surface area (Å²) in [4.78, 5) is 23.9. The molecular formula is C14H23ClN4O3. The third-order valence-electron chi connectivity index (χ3n) is 3.72. The summed E-state index contributed by atoms with van der Waals surface area (Å²) in [6.45, 7) is 3.94. The lowest BCUT2D eigenvalue weighted by atomic mass is 9.87. The summed E-state index contributed by atoms with van der Waals surface area (Å²) in [5, 5.41) is 10.3. The van der Waals surface area contributed by atoms with Gasteiger partial charge in [0.2, 0.25) is 5.91 Å². The van der Waals surface area contributed by atoms with Crippen molar-refractivity contribution < 1.29 is 14.3 Å². The predicted molar refractivity (Wildman–Crippen MR) is 83.8 cm³/mol. The smallest absolute Gasteiger partial charge is 0.307 e. The van der Waals surface area contributed by atoms with Crippen LogP contribution in [0.4, 0.5) is 0 Å². The quantitative estimate of drug-likeness (QED) is 0.740. The highest BCUT2D eigenvalue weighted by Gasteiger charge is 2.41. The van der Waals surface area contributed by atoms with Gasteiger partial charge in [-0.25, -0.2) is 0 Å². The lowest BCUT2D eigenvalue weighted by Gasteiger charge is -2.36. The molecule has 1 fully saturated rings. The maximum absolute atomic E-state index is 12.6. The van der Waals surface area contributed by atoms with Crippen molar-refractivity contribution in [2.24, 2.45) is 0 Å². The lowest BCUT2D eigenvalue weighted by Crippen LogP contribution is -2.54. The Hall–Kier alpha value is -1.60. The van der Waals surface area contributed by atoms with Gasteiger partial charge in [0.05, 0.1) is 13.0 Å². The minimum Gasteiger partial charge on any atom is -0.466 e. The second kappa shape index (κ2) is 8.75. The van der Waals surface area contributed by atoms with Gasteiger partial charge in [-0.05, 0) is 38.9 Å². The van der Waals surface area contributed by atoms with E-state index in [1.165, 1.54) is 0 Å². The number of amides is 1. The molecule has 1 aliphatic heterocycles. The van der Waals surface area contributed by atoms with Crippen molar-refractivity contribution in [3.63, 3.8) is 0 Å². The first-order chi connectivity index (χ1) is 10.2. The number of aromatic nitrogens is 2. The molecule has 0 saturated carbocycles. The number of carbonyl (C=O) groups is 2. The second-order valence-corrected chi connectivity index (χ2v) is 5.04. The van der Waals surface area contributed by atoms with E-state index in [1.54, 1.807) is 17.8 Å². The van der Waals surface area contributed by atoms with E-state index in [9.17, 15) is 9.59 Å². The molecule has 2 N–H and O–H groups in total. The highest BCUT2D eigenvalue weighted by atomic mass is 35.5. The van der Waals surface area contributed by atoms with Gasteiger partial charge >= 0.3 is 5.97 Å². The highest BCUT2D eigenvalue weighted by Crippen LogP contribution is 2.27. The molecule has 0 aromatic carbocycles. The predicted octanol–water partition coefficient (Wildman–Crippen LogP) is 0.453. The van der Waals surface area contributed by atoms with Crippen molar-refractivity contribution in [1.29, 1.82) is 0 Å². The highest BCUT2D eigenvalue weighted by molar-refractivity contribution is 5.85. The Kier molecular flexibility index (Phi) is 7.34. The van der Waals surface area contributed by atoms with E-state index in [0.29, 0.717) is 19.4 Å². The molecule has 0 bridgehead atoms. The second-order valence-electron chi connectivity index (χ2n) is 5.04. The van der Waals surface area contributed by atoms with Crippen LogP contribution in [0, 0.1) is 0 Å². The fraction of sp³-hybridized carbons (Fsp3) is 0.643. The van der Waals surface area contributed by atoms with Gasteiger partial charge in [0.1, 0.15) is 5.54 Å². The number of piperidine rings is 1. The molecule has 1 aliphatic rings. The minimum atomic E-state index is -0.663. The number of rotatable bonds is 6. The molecule has 2 rings (SSSR count). The van der Waals surface area contributed by atoms with Crippen molar-refractivity contribution in [2.45, 2.75) is 31.7 Å². The molecule has 8 heteroatoms. The molecule has 0 radical (unpaired) electrons. The molecular weight excluding hydrogens is 308 g/mol. The first kappa shape index (κ1) is 18.4. The number of nitrogens with one attached hydrogen (secondary N) is 2. The van der Waals surface area contributed by atoms with Crippen LogP contribution >= 0.6 is 12.4 Å². The van der Waals surface area contributed by atoms with E-state index in [0.717, 1.165) is 13.1 Å². The monoisotopic (exact) mass is 330 g/mol. The number of halogens is 1. The third-order valence-corrected chi connectivity index (χ3v) is 3.72. The van der Waals surface area contributed by atoms with Gasteiger partial charge in [0.25, 0.3) is 0 Å². The zero-order valence-electron chi connectivity index (χ0n) is 12.7. The van der Waals surface area contributed by atoms with E-state index in [2.05, 4.69) is 15.7 Å². The van der Waals surface area contributed by atoms with Gasteiger partial charge in [0.15, 0.2) is 0 Å². The Morgan fingerprint density at radius 3 is 2.73 bits per heavy atom. The first-order valence-electron chi connectivity index (χ1n) is 7.34. The summed E-state index contributed by atoms with van der Waals surface area (Å²) >= 11 is 0. The summed E-state index contributed by atoms with van der Waals surface area (Å²) in [5.74, 6) is -0.381. The van der Waals surface area contributed by atoms with Gasteiger partial charge in [0, 0.05) is 18.9 Å². The minimum absolute atomic E-state index is 0. The number of hydrogen-bond acceptors (Lipinski definition) is 5. The third kappa shape index (κ3) is 4.20. The van der Waals surface area contributed by atoms with Crippen LogP contribution < -0.4 is 10.6 Å². The van der Waals surface area contributed by atoms with Crippen LogP contribution in [0.25, 0.3) is 0 Å². The fourth-order valence-electron chi connectivity index (χ4n) is 2.60. The summed E-state index contributed by atoms with van der Waals surface area (Å²) in [6, 6.07) is 1.82. The van der Waals surface area contributed by atoms with Crippen molar-refractivity contribution >= 4 is 24.3 Å². The van der Waals surface area contributed by atoms with Crippen LogP contribution in [-0.4, -0.2) is 47.9 Å². The average Bonchev–Trinajstić information content (AvgIpc) is 3.03. The van der Waals surface area contributed by atoms with E-state index >= 15 is 0 Å². The number of ether oxygens (including phenoxy) is 1. The largest absolute Gasteiger partial charge is 0.466 e. The number of hydrogen-bond donors (Lipinski definition) is 2. The summed E-state index contributed by atoms with van der Waals surface area (Å²) in [6.07, 6.45) is 5.04. The van der Waals surface area contributed by atoms with Gasteiger partial charge < -0.3 is 15.4 Å². The maximum Gasteiger partial charge on any atom is 0.307 e. The molecule has 0 atom stereocenters. The molecule has 1 amide bonds. The molecule has 22 heavy (non-hydrogen) atoms. The van der Waals surface area contributed by atoms with Crippen LogP contribution in [-0.2, 0) is 19.9 Å². The Labute approximate surface area is 136 Å². The molecule has 124 valence electrons. The fourth-order valence-corrected chi connectivity index (χ4v) is 2.60. The molecule has 1 aromatic heterocycles. The molecule has 7 nitrogen and oxygen atoms in total. The van der Waals surface area contributed by atoms with Gasteiger partial charge in [-0.1, -0.05) is 0 Å². The maximum atomic E-state index is 12.6. The Bertz CT molecular complexity index is 472. The van der Waals surface area contributed by atoms with Crippen molar-refractivity contribution in [3.05, 3.63) is 18.5 Å². The average molecular weight is 331 g/mol. The van der Waals surface area contributed by atoms with Crippen LogP contribution in [0.1, 0.15) is 26.2 Å². The van der Waals surface area contributed by atoms with Crippen LogP contribution in [0.2, 0.25) is 0 Å². The van der Waals surface area contributed by atoms with E-state index < -0.39 is 5.54 Å². The van der Waals surface area contributed by atoms with E-state index in [1.807, 2.05) is 12.3 Å². The van der Waals surface area contributed by atoms with Crippen molar-refractivity contribution in [3.8, 4) is 0 Å². The lowest BCUT2D eigenvalue weighted by molar-refractivity contribution is -0.143. The Morgan fingerprint density at radius 1 is 1.41 bits per heavy atom. The molecule has 0 unspecified atom stereocenters. The van der Waals surface area contributed by atoms with Gasteiger partial charge in [-0.3, -0.25) is 14.3 Å². The number of nitrogens with zero attached hydrogens (tertiary/aromatic N) is 2. The summed E-state index contributed by atoms with van der Waals surface area (Å²) in [5.41, 5.74) is -0.663. The molecule has 1 aromatic rings. The number of esters is 1. The van der Waals surface area contributed by atoms with E-state index in [-0.39, 0.29) is 37.2 Å². The van der Waals surface area contributed by atoms with Crippen molar-refractivity contribution in [2.75, 3.05) is 26.2 Å². The molecule has 2 heterocycles. The number of carbonyl (C=O) groups excluding carboxylic acids is 2. The summed E-state index contributed by atoms with van der Waals surface area (Å²) < 4.78 is 6.58. The zero-order chi connectivity index (χ0) is 15.1. The van der Waals surface area contributed by atoms with Crippen LogP contribution in [0.15, 0.2) is 18.5 Å². The standard InChI is InChI=1S/C14H22N4O3.ClH/c1-2-21-12(19)4-8-16-13(20)14(5-9-15-10-6-14)18-11-3-7-17-18;/h3,7,11,15H,2,4-6,8-10H2,1H3,(H,16,20);1H. The molecule has 0 spiro atoms. The van der Waals surface area contributed by atoms with Gasteiger partial charge in [-0.15, -0.1) is 12.4 Å². The first-order valence-corrected chi connectivity index (χ1v) is 7.34. The Morgan fingerprint density at radius 2 is 2.14 bits per heavy atom. The Balaban J connectivity index is 0.00000242. The SMILES string of the molecule is CCOC(=O)CCNC(=O)C1(n2cccn2)CCNCC1.Cl. The topological polar surface area (TPSA) is 85.2 Å². The van der Waals surface area contributed by atoms with Crippen LogP contribution in [0.3, 0.4) is 0 Å². The van der Waals surface area contributed by atoms with Crippen molar-refractivity contribution in [1.82, 2.24) is 20.4 Å². The van der Waals surface area contributed by atoms with Gasteiger partial charge in [-0.2, -0.15) is 5.10 Å². The van der Waals surface area contributed by atoms with E-state index in [4.69, 9.17) is 4.74 Å². The summed E-state index contributed by atoms with van der Waals surface area (Å²) in [7, 11) is 0.